The lowest BCUT2D eigenvalue weighted by molar-refractivity contribution is -0.127. The van der Waals surface area contributed by atoms with E-state index in [-0.39, 0.29) is 23.0 Å². The number of nitrogens with zero attached hydrogens (tertiary/aromatic N) is 3. The molecule has 0 N–H and O–H groups in total. The fraction of sp³-hybridized carbons (Fsp3) is 0.286. The number of amides is 1. The van der Waals surface area contributed by atoms with Gasteiger partial charge in [0, 0.05) is 20.1 Å². The third-order valence-electron chi connectivity index (χ3n) is 4.36. The van der Waals surface area contributed by atoms with Crippen LogP contribution in [-0.4, -0.2) is 33.2 Å². The maximum atomic E-state index is 13.0. The van der Waals surface area contributed by atoms with E-state index in [1.165, 1.54) is 23.9 Å². The van der Waals surface area contributed by atoms with Crippen LogP contribution in [0, 0.1) is 5.82 Å². The van der Waals surface area contributed by atoms with Crippen LogP contribution in [-0.2, 0) is 17.9 Å². The summed E-state index contributed by atoms with van der Waals surface area (Å²) in [5.41, 5.74) is 1.41. The Labute approximate surface area is 167 Å². The molecule has 0 aliphatic rings. The average molecular weight is 399 g/mol. The molecule has 1 aromatic heterocycles. The highest BCUT2D eigenvalue weighted by Crippen LogP contribution is 2.19. The van der Waals surface area contributed by atoms with E-state index in [0.717, 1.165) is 12.0 Å². The van der Waals surface area contributed by atoms with Crippen LogP contribution < -0.4 is 5.56 Å². The van der Waals surface area contributed by atoms with Crippen LogP contribution in [0.15, 0.2) is 58.5 Å². The van der Waals surface area contributed by atoms with Crippen LogP contribution in [0.5, 0.6) is 0 Å². The van der Waals surface area contributed by atoms with Crippen LogP contribution in [0.4, 0.5) is 4.39 Å². The fourth-order valence-corrected chi connectivity index (χ4v) is 3.83. The predicted molar refractivity (Wildman–Crippen MR) is 110 cm³/mol. The number of carbonyl (C=O) groups is 1. The lowest BCUT2D eigenvalue weighted by atomic mass is 10.2. The van der Waals surface area contributed by atoms with Crippen molar-refractivity contribution in [2.24, 2.45) is 0 Å². The van der Waals surface area contributed by atoms with Gasteiger partial charge in [-0.25, -0.2) is 9.37 Å². The molecule has 5 nitrogen and oxygen atoms in total. The molecule has 0 saturated heterocycles. The molecule has 1 heterocycles. The largest absolute Gasteiger partial charge is 0.341 e. The normalized spacial score (nSPS) is 11.0. The molecular formula is C21H22FN3O2S. The Morgan fingerprint density at radius 1 is 1.18 bits per heavy atom. The number of carbonyl (C=O) groups excluding carboxylic acids is 1. The molecule has 3 rings (SSSR count). The Morgan fingerprint density at radius 3 is 2.61 bits per heavy atom. The van der Waals surface area contributed by atoms with Crippen LogP contribution in [0.25, 0.3) is 10.9 Å². The number of halogens is 1. The number of benzene rings is 2. The van der Waals surface area contributed by atoms with Crippen LogP contribution in [0.1, 0.15) is 18.9 Å². The van der Waals surface area contributed by atoms with Crippen molar-refractivity contribution in [3.8, 4) is 0 Å². The van der Waals surface area contributed by atoms with Gasteiger partial charge < -0.3 is 4.90 Å². The third-order valence-corrected chi connectivity index (χ3v) is 5.32. The van der Waals surface area contributed by atoms with E-state index in [1.807, 2.05) is 19.1 Å². The summed E-state index contributed by atoms with van der Waals surface area (Å²) in [5.74, 6) is -0.212. The maximum absolute atomic E-state index is 13.0. The van der Waals surface area contributed by atoms with E-state index in [1.54, 1.807) is 40.8 Å². The lowest BCUT2D eigenvalue weighted by Crippen LogP contribution is -2.29. The number of rotatable bonds is 7. The van der Waals surface area contributed by atoms with Crippen molar-refractivity contribution >= 4 is 28.6 Å². The van der Waals surface area contributed by atoms with Gasteiger partial charge in [0.2, 0.25) is 5.91 Å². The van der Waals surface area contributed by atoms with E-state index < -0.39 is 0 Å². The molecule has 146 valence electrons. The summed E-state index contributed by atoms with van der Waals surface area (Å²) in [5, 5.41) is 1.13. The van der Waals surface area contributed by atoms with E-state index >= 15 is 0 Å². The van der Waals surface area contributed by atoms with Gasteiger partial charge in [-0.2, -0.15) is 0 Å². The van der Waals surface area contributed by atoms with Crippen molar-refractivity contribution in [2.45, 2.75) is 31.6 Å². The molecule has 2 aromatic carbocycles. The highest BCUT2D eigenvalue weighted by molar-refractivity contribution is 7.99. The summed E-state index contributed by atoms with van der Waals surface area (Å²) in [7, 11) is 1.71. The Morgan fingerprint density at radius 2 is 1.89 bits per heavy atom. The van der Waals surface area contributed by atoms with Crippen LogP contribution in [0.2, 0.25) is 0 Å². The zero-order valence-electron chi connectivity index (χ0n) is 15.9. The molecular weight excluding hydrogens is 377 g/mol. The maximum Gasteiger partial charge on any atom is 0.262 e. The van der Waals surface area contributed by atoms with E-state index in [9.17, 15) is 14.0 Å². The van der Waals surface area contributed by atoms with E-state index in [0.29, 0.717) is 29.1 Å². The number of hydrogen-bond acceptors (Lipinski definition) is 4. The van der Waals surface area contributed by atoms with Gasteiger partial charge in [0.05, 0.1) is 16.7 Å². The topological polar surface area (TPSA) is 55.2 Å². The third kappa shape index (κ3) is 4.59. The van der Waals surface area contributed by atoms with Gasteiger partial charge in [0.25, 0.3) is 5.56 Å². The highest BCUT2D eigenvalue weighted by Gasteiger charge is 2.15. The zero-order chi connectivity index (χ0) is 20.1. The van der Waals surface area contributed by atoms with Gasteiger partial charge in [-0.15, -0.1) is 0 Å². The Hall–Kier alpha value is -2.67. The molecule has 0 radical (unpaired) electrons. The molecule has 0 unspecified atom stereocenters. The molecule has 0 bridgehead atoms. The smallest absolute Gasteiger partial charge is 0.262 e. The quantitative estimate of drug-likeness (QED) is 0.449. The van der Waals surface area contributed by atoms with Crippen molar-refractivity contribution in [2.75, 3.05) is 12.8 Å². The molecule has 1 amide bonds. The lowest BCUT2D eigenvalue weighted by Gasteiger charge is -2.18. The molecule has 3 aromatic rings. The van der Waals surface area contributed by atoms with Gasteiger partial charge >= 0.3 is 0 Å². The fourth-order valence-electron chi connectivity index (χ4n) is 2.87. The van der Waals surface area contributed by atoms with Crippen molar-refractivity contribution in [3.63, 3.8) is 0 Å². The second-order valence-corrected chi connectivity index (χ2v) is 7.48. The summed E-state index contributed by atoms with van der Waals surface area (Å²) >= 11 is 1.27. The Balaban J connectivity index is 1.74. The molecule has 0 atom stereocenters. The second-order valence-electron chi connectivity index (χ2n) is 6.53. The molecule has 0 aliphatic heterocycles. The monoisotopic (exact) mass is 399 g/mol. The average Bonchev–Trinajstić information content (AvgIpc) is 2.70. The van der Waals surface area contributed by atoms with E-state index in [2.05, 4.69) is 4.98 Å². The zero-order valence-corrected chi connectivity index (χ0v) is 16.7. The van der Waals surface area contributed by atoms with Gasteiger partial charge in [0.1, 0.15) is 5.82 Å². The standard InChI is InChI=1S/C21H22FN3O2S/c1-3-12-25-20(27)17-6-4-5-7-18(17)23-21(25)28-14-19(26)24(2)13-15-8-10-16(22)11-9-15/h4-11H,3,12-14H2,1-2H3. The number of thioether (sulfide) groups is 1. The summed E-state index contributed by atoms with van der Waals surface area (Å²) in [6, 6.07) is 13.3. The van der Waals surface area contributed by atoms with Crippen molar-refractivity contribution in [1.82, 2.24) is 14.5 Å². The van der Waals surface area contributed by atoms with Crippen molar-refractivity contribution in [1.29, 1.82) is 0 Å². The number of fused-ring (bicyclic) bond motifs is 1. The van der Waals surface area contributed by atoms with Crippen LogP contribution in [0.3, 0.4) is 0 Å². The number of hydrogen-bond donors (Lipinski definition) is 0. The SMILES string of the molecule is CCCn1c(SCC(=O)N(C)Cc2ccc(F)cc2)nc2ccccc2c1=O. The highest BCUT2D eigenvalue weighted by atomic mass is 32.2. The van der Waals surface area contributed by atoms with Gasteiger partial charge in [0.15, 0.2) is 5.16 Å². The molecule has 7 heteroatoms. The molecule has 28 heavy (non-hydrogen) atoms. The van der Waals surface area contributed by atoms with Gasteiger partial charge in [-0.3, -0.25) is 14.2 Å². The molecule has 0 spiro atoms. The predicted octanol–water partition coefficient (Wildman–Crippen LogP) is 3.70. The Bertz CT molecular complexity index is 1030. The minimum absolute atomic E-state index is 0.0814. The molecule has 0 aliphatic carbocycles. The summed E-state index contributed by atoms with van der Waals surface area (Å²) in [6.07, 6.45) is 0.798. The summed E-state index contributed by atoms with van der Waals surface area (Å²) in [6.45, 7) is 2.95. The van der Waals surface area contributed by atoms with Gasteiger partial charge in [-0.1, -0.05) is 43.0 Å². The number of para-hydroxylation sites is 1. The van der Waals surface area contributed by atoms with Gasteiger partial charge in [-0.05, 0) is 36.2 Å². The summed E-state index contributed by atoms with van der Waals surface area (Å²) in [4.78, 5) is 31.5. The summed E-state index contributed by atoms with van der Waals surface area (Å²) < 4.78 is 14.7. The van der Waals surface area contributed by atoms with E-state index in [4.69, 9.17) is 0 Å². The first-order valence-corrected chi connectivity index (χ1v) is 10.1. The first-order valence-electron chi connectivity index (χ1n) is 9.10. The van der Waals surface area contributed by atoms with Crippen molar-refractivity contribution < 1.29 is 9.18 Å². The minimum Gasteiger partial charge on any atom is -0.341 e. The minimum atomic E-state index is -0.301. The van der Waals surface area contributed by atoms with Crippen molar-refractivity contribution in [3.05, 3.63) is 70.3 Å². The number of aromatic nitrogens is 2. The Kier molecular flexibility index (Phi) is 6.46. The second kappa shape index (κ2) is 9.01. The first kappa shape index (κ1) is 20.1. The molecule has 0 saturated carbocycles. The molecule has 0 fully saturated rings. The van der Waals surface area contributed by atoms with Crippen LogP contribution >= 0.6 is 11.8 Å². The first-order chi connectivity index (χ1) is 13.5.